The molecule has 3 aliphatic heterocycles. The summed E-state index contributed by atoms with van der Waals surface area (Å²) < 4.78 is 0. The Morgan fingerprint density at radius 2 is 1.33 bits per heavy atom. The van der Waals surface area contributed by atoms with Crippen LogP contribution >= 0.6 is 11.8 Å². The van der Waals surface area contributed by atoms with Crippen LogP contribution in [0.1, 0.15) is 139 Å². The van der Waals surface area contributed by atoms with E-state index in [9.17, 15) is 47.9 Å². The number of guanidine groups is 1. The molecule has 11 amide bonds. The summed E-state index contributed by atoms with van der Waals surface area (Å²) in [5.74, 6) is -4.83. The van der Waals surface area contributed by atoms with Crippen LogP contribution in [0.2, 0.25) is 0 Å². The highest BCUT2D eigenvalue weighted by Gasteiger charge is 2.43. The number of carbonyl (C=O) groups excluding carboxylic acids is 10. The second kappa shape index (κ2) is 32.0. The topological polar surface area (TPSA) is 399 Å². The summed E-state index contributed by atoms with van der Waals surface area (Å²) in [6, 6.07) is -8.35. The third kappa shape index (κ3) is 21.6. The van der Waals surface area contributed by atoms with Crippen LogP contribution in [-0.2, 0) is 43.2 Å². The van der Waals surface area contributed by atoms with E-state index in [1.807, 2.05) is 39.5 Å². The number of unbranched alkanes of at least 4 members (excludes halogenated alkanes) is 2. The lowest BCUT2D eigenvalue weighted by Crippen LogP contribution is -2.60. The van der Waals surface area contributed by atoms with Gasteiger partial charge in [-0.25, -0.2) is 4.79 Å². The van der Waals surface area contributed by atoms with Gasteiger partial charge in [-0.3, -0.25) is 48.1 Å². The van der Waals surface area contributed by atoms with Gasteiger partial charge in [0.15, 0.2) is 5.96 Å². The number of primary amides is 1. The fourth-order valence-electron chi connectivity index (χ4n) is 9.34. The second-order valence-electron chi connectivity index (χ2n) is 21.5. The van der Waals surface area contributed by atoms with Gasteiger partial charge in [0.1, 0.15) is 42.3 Å². The van der Waals surface area contributed by atoms with Gasteiger partial charge in [0.05, 0.1) is 18.1 Å². The molecule has 3 rings (SSSR count). The molecule has 0 radical (unpaired) electrons. The SMILES string of the molecule is CC(C)C[C@H](NC(=O)[C@@H]1CCCN1C(=O)[C@H](CCCN=C(N)N)NC(=O)[C@@H](NC(=O)[C@@H](N)CC(C)C)C(C)C)C(=O)N[C@@H](C)C(=O)N[C@@H](C)C(=O)N[C@@H](CCCCNC(=O)CCCC[C@@H]1SC[C@H]2NC(=O)N[C@@H]12)C(N)=O. The van der Waals surface area contributed by atoms with Crippen molar-refractivity contribution in [2.45, 2.75) is 205 Å². The quantitative estimate of drug-likeness (QED) is 0.0155. The first-order valence-electron chi connectivity index (χ1n) is 27.0. The van der Waals surface area contributed by atoms with Crippen molar-refractivity contribution in [3.05, 3.63) is 0 Å². The number of thioether (sulfide) groups is 1. The summed E-state index contributed by atoms with van der Waals surface area (Å²) in [6.45, 7) is 14.6. The molecule has 0 aromatic carbocycles. The number of nitrogens with two attached hydrogens (primary N) is 4. The van der Waals surface area contributed by atoms with E-state index in [1.54, 1.807) is 13.8 Å². The highest BCUT2D eigenvalue weighted by molar-refractivity contribution is 8.00. The largest absolute Gasteiger partial charge is 0.370 e. The van der Waals surface area contributed by atoms with Crippen LogP contribution in [0.25, 0.3) is 0 Å². The highest BCUT2D eigenvalue weighted by Crippen LogP contribution is 2.33. The van der Waals surface area contributed by atoms with Crippen LogP contribution in [0.4, 0.5) is 4.79 Å². The third-order valence-corrected chi connectivity index (χ3v) is 15.0. The first-order chi connectivity index (χ1) is 35.8. The predicted molar refractivity (Wildman–Crippen MR) is 289 cm³/mol. The average molecular weight is 1090 g/mol. The lowest BCUT2D eigenvalue weighted by Gasteiger charge is -2.31. The number of hydrogen-bond donors (Lipinski definition) is 13. The number of carbonyl (C=O) groups is 10. The number of amides is 11. The fraction of sp³-hybridized carbons (Fsp3) is 0.780. The summed E-state index contributed by atoms with van der Waals surface area (Å²) in [5.41, 5.74) is 22.7. The van der Waals surface area contributed by atoms with E-state index in [4.69, 9.17) is 22.9 Å². The summed E-state index contributed by atoms with van der Waals surface area (Å²) >= 11 is 1.83. The van der Waals surface area contributed by atoms with E-state index in [2.05, 4.69) is 52.8 Å². The molecule has 0 aromatic rings. The van der Waals surface area contributed by atoms with Gasteiger partial charge in [-0.1, -0.05) is 48.0 Å². The first-order valence-corrected chi connectivity index (χ1v) is 28.0. The second-order valence-corrected chi connectivity index (χ2v) is 22.8. The van der Waals surface area contributed by atoms with Gasteiger partial charge >= 0.3 is 6.03 Å². The molecule has 0 aromatic heterocycles. The van der Waals surface area contributed by atoms with Gasteiger partial charge < -0.3 is 75.7 Å². The molecule has 3 heterocycles. The summed E-state index contributed by atoms with van der Waals surface area (Å²) in [4.78, 5) is 137. The molecule has 430 valence electrons. The van der Waals surface area contributed by atoms with Crippen LogP contribution < -0.4 is 70.8 Å². The van der Waals surface area contributed by atoms with Gasteiger partial charge in [0.25, 0.3) is 0 Å². The molecular formula is C50H89N15O10S. The van der Waals surface area contributed by atoms with Gasteiger partial charge in [0.2, 0.25) is 53.2 Å². The van der Waals surface area contributed by atoms with E-state index in [0.29, 0.717) is 43.9 Å². The Morgan fingerprint density at radius 1 is 0.697 bits per heavy atom. The molecule has 26 heteroatoms. The number of rotatable bonds is 33. The Kier molecular flexibility index (Phi) is 27.1. The minimum atomic E-state index is -1.18. The van der Waals surface area contributed by atoms with E-state index < -0.39 is 95.6 Å². The zero-order valence-electron chi connectivity index (χ0n) is 45.8. The Hall–Kier alpha value is -5.92. The monoisotopic (exact) mass is 1090 g/mol. The summed E-state index contributed by atoms with van der Waals surface area (Å²) in [7, 11) is 0. The maximum Gasteiger partial charge on any atom is 0.315 e. The van der Waals surface area contributed by atoms with Crippen LogP contribution in [0.15, 0.2) is 4.99 Å². The van der Waals surface area contributed by atoms with Crippen molar-refractivity contribution in [1.29, 1.82) is 0 Å². The van der Waals surface area contributed by atoms with Gasteiger partial charge in [0, 0.05) is 37.1 Å². The number of hydrogen-bond acceptors (Lipinski definition) is 13. The average Bonchev–Trinajstić information content (AvgIpc) is 4.08. The summed E-state index contributed by atoms with van der Waals surface area (Å²) in [6.07, 6.45) is 5.70. The van der Waals surface area contributed by atoms with Crippen molar-refractivity contribution in [3.8, 4) is 0 Å². The van der Waals surface area contributed by atoms with Crippen molar-refractivity contribution in [1.82, 2.24) is 52.8 Å². The molecule has 25 nitrogen and oxygen atoms in total. The lowest BCUT2D eigenvalue weighted by molar-refractivity contribution is -0.143. The molecule has 0 unspecified atom stereocenters. The number of nitrogens with zero attached hydrogens (tertiary/aromatic N) is 2. The van der Waals surface area contributed by atoms with Crippen LogP contribution in [-0.4, -0.2) is 161 Å². The molecule has 0 bridgehead atoms. The van der Waals surface area contributed by atoms with E-state index in [-0.39, 0.29) is 92.9 Å². The molecule has 0 saturated carbocycles. The van der Waals surface area contributed by atoms with Gasteiger partial charge in [-0.05, 0) is 102 Å². The lowest BCUT2D eigenvalue weighted by atomic mass is 9.99. The van der Waals surface area contributed by atoms with E-state index >= 15 is 0 Å². The minimum absolute atomic E-state index is 0.0838. The van der Waals surface area contributed by atoms with Crippen molar-refractivity contribution >= 4 is 76.9 Å². The molecule has 17 N–H and O–H groups in total. The number of fused-ring (bicyclic) bond motifs is 1. The van der Waals surface area contributed by atoms with E-state index in [0.717, 1.165) is 25.0 Å². The van der Waals surface area contributed by atoms with E-state index in [1.165, 1.54) is 18.7 Å². The third-order valence-electron chi connectivity index (χ3n) is 13.5. The Bertz CT molecular complexity index is 2040. The van der Waals surface area contributed by atoms with Gasteiger partial charge in [-0.15, -0.1) is 0 Å². The fourth-order valence-corrected chi connectivity index (χ4v) is 10.9. The predicted octanol–water partition coefficient (Wildman–Crippen LogP) is -1.45. The standard InChI is InChI=1S/C50H89N15O10S/c1-26(2)23-31(51)44(70)63-39(28(5)6)47(73)60-33(16-13-21-56-49(53)54)48(74)65-22-14-17-36(65)46(72)61-34(24-27(3)4)45(71)58-29(7)42(68)57-30(8)43(69)59-32(41(52)67)15-11-12-20-55-38(66)19-10-9-18-37-40-35(25-76-37)62-50(75)64-40/h26-37,39-40H,9-25,51H2,1-8H3,(H2,52,67)(H,55,66)(H,57,68)(H,58,71)(H,59,69)(H,60,73)(H,61,72)(H,63,70)(H4,53,54,56)(H2,62,64,75)/t29-,30-,31-,32-,33-,34-,35+,36-,37-,39-,40+/m0/s1. The van der Waals surface area contributed by atoms with Crippen molar-refractivity contribution < 1.29 is 47.9 Å². The van der Waals surface area contributed by atoms with Gasteiger partial charge in [-0.2, -0.15) is 11.8 Å². The molecule has 3 aliphatic rings. The van der Waals surface area contributed by atoms with Crippen LogP contribution in [0, 0.1) is 17.8 Å². The molecular weight excluding hydrogens is 1000 g/mol. The number of nitrogens with one attached hydrogen (secondary N) is 9. The van der Waals surface area contributed by atoms with Crippen molar-refractivity contribution in [2.75, 3.05) is 25.4 Å². The smallest absolute Gasteiger partial charge is 0.315 e. The number of likely N-dealkylation sites (tertiary alicyclic amines) is 1. The van der Waals surface area contributed by atoms with Crippen LogP contribution in [0.5, 0.6) is 0 Å². The first kappa shape index (κ1) is 64.4. The molecule has 3 fully saturated rings. The molecule has 3 saturated heterocycles. The summed E-state index contributed by atoms with van der Waals surface area (Å²) in [5, 5.41) is 25.1. The maximum absolute atomic E-state index is 14.3. The molecule has 76 heavy (non-hydrogen) atoms. The maximum atomic E-state index is 14.3. The van der Waals surface area contributed by atoms with Crippen molar-refractivity contribution in [2.24, 2.45) is 45.7 Å². The highest BCUT2D eigenvalue weighted by atomic mass is 32.2. The van der Waals surface area contributed by atoms with Crippen molar-refractivity contribution in [3.63, 3.8) is 0 Å². The Morgan fingerprint density at radius 3 is 1.96 bits per heavy atom. The Balaban J connectivity index is 1.52. The molecule has 11 atom stereocenters. The zero-order valence-corrected chi connectivity index (χ0v) is 46.6. The number of aliphatic imine (C=N–C) groups is 1. The molecule has 0 spiro atoms. The Labute approximate surface area is 451 Å². The molecule has 0 aliphatic carbocycles. The van der Waals surface area contributed by atoms with Crippen LogP contribution in [0.3, 0.4) is 0 Å². The zero-order chi connectivity index (χ0) is 56.8. The number of urea groups is 1. The normalized spacial score (nSPS) is 20.6. The minimum Gasteiger partial charge on any atom is -0.370 e.